The van der Waals surface area contributed by atoms with E-state index in [1.807, 2.05) is 25.1 Å². The third-order valence-electron chi connectivity index (χ3n) is 6.12. The summed E-state index contributed by atoms with van der Waals surface area (Å²) in [6, 6.07) is 13.8. The molecule has 1 saturated heterocycles. The lowest BCUT2D eigenvalue weighted by Gasteiger charge is -2.28. The Morgan fingerprint density at radius 2 is 2.00 bits per heavy atom. The number of oxazole rings is 1. The molecule has 1 fully saturated rings. The summed E-state index contributed by atoms with van der Waals surface area (Å²) in [6.07, 6.45) is 1.35. The first-order chi connectivity index (χ1) is 18.1. The van der Waals surface area contributed by atoms with Crippen LogP contribution in [-0.4, -0.2) is 49.4 Å². The monoisotopic (exact) mass is 516 g/mol. The molecule has 188 valence electrons. The molecule has 3 aromatic heterocycles. The Labute approximate surface area is 217 Å². The van der Waals surface area contributed by atoms with E-state index in [1.54, 1.807) is 11.4 Å². The van der Waals surface area contributed by atoms with Crippen LogP contribution in [0.15, 0.2) is 52.6 Å². The van der Waals surface area contributed by atoms with Crippen molar-refractivity contribution in [3.8, 4) is 34.5 Å². The van der Waals surface area contributed by atoms with Crippen LogP contribution >= 0.6 is 11.3 Å². The number of thiophene rings is 1. The molecule has 0 radical (unpaired) electrons. The molecule has 5 rings (SSSR count). The van der Waals surface area contributed by atoms with Gasteiger partial charge in [-0.1, -0.05) is 12.1 Å². The number of pyridine rings is 1. The number of nitrogens with zero attached hydrogens (tertiary/aromatic N) is 4. The minimum absolute atomic E-state index is 0.0536. The Bertz CT molecular complexity index is 1450. The van der Waals surface area contributed by atoms with Crippen molar-refractivity contribution in [3.63, 3.8) is 0 Å². The molecule has 0 atom stereocenters. The van der Waals surface area contributed by atoms with Gasteiger partial charge >= 0.3 is 5.97 Å². The van der Waals surface area contributed by atoms with E-state index in [0.717, 1.165) is 24.3 Å². The van der Waals surface area contributed by atoms with Gasteiger partial charge < -0.3 is 23.5 Å². The number of carbonyl (C=O) groups is 1. The maximum absolute atomic E-state index is 12.1. The topological polar surface area (TPSA) is 111 Å². The van der Waals surface area contributed by atoms with Crippen molar-refractivity contribution >= 4 is 23.0 Å². The molecule has 4 heterocycles. The van der Waals surface area contributed by atoms with Crippen molar-refractivity contribution in [1.29, 1.82) is 5.26 Å². The van der Waals surface area contributed by atoms with Gasteiger partial charge in [0.2, 0.25) is 5.88 Å². The maximum atomic E-state index is 12.1. The zero-order valence-corrected chi connectivity index (χ0v) is 21.2. The highest BCUT2D eigenvalue weighted by Gasteiger charge is 2.22. The lowest BCUT2D eigenvalue weighted by atomic mass is 10.0. The second-order valence-electron chi connectivity index (χ2n) is 8.30. The number of morpholine rings is 1. The number of esters is 1. The summed E-state index contributed by atoms with van der Waals surface area (Å²) < 4.78 is 22.0. The number of benzene rings is 1. The van der Waals surface area contributed by atoms with E-state index in [2.05, 4.69) is 28.1 Å². The lowest BCUT2D eigenvalue weighted by molar-refractivity contribution is 0.0598. The first-order valence-corrected chi connectivity index (χ1v) is 12.5. The number of methoxy groups -OCH3 is 1. The number of anilines is 1. The van der Waals surface area contributed by atoms with Crippen LogP contribution in [0.2, 0.25) is 0 Å². The van der Waals surface area contributed by atoms with Crippen LogP contribution in [0.5, 0.6) is 5.88 Å². The van der Waals surface area contributed by atoms with Crippen LogP contribution in [0.4, 0.5) is 5.69 Å². The van der Waals surface area contributed by atoms with Crippen LogP contribution < -0.4 is 9.64 Å². The predicted octanol–water partition coefficient (Wildman–Crippen LogP) is 4.85. The molecule has 37 heavy (non-hydrogen) atoms. The summed E-state index contributed by atoms with van der Waals surface area (Å²) >= 11 is 1.37. The summed E-state index contributed by atoms with van der Waals surface area (Å²) in [6.45, 7) is 4.97. The van der Waals surface area contributed by atoms with Crippen molar-refractivity contribution in [3.05, 3.63) is 69.9 Å². The van der Waals surface area contributed by atoms with Crippen LogP contribution in [0, 0.1) is 18.3 Å². The quantitative estimate of drug-likeness (QED) is 0.318. The second kappa shape index (κ2) is 10.8. The summed E-state index contributed by atoms with van der Waals surface area (Å²) in [5.74, 6) is 0.175. The Morgan fingerprint density at radius 3 is 2.68 bits per heavy atom. The van der Waals surface area contributed by atoms with Gasteiger partial charge in [-0.15, -0.1) is 11.3 Å². The lowest BCUT2D eigenvalue weighted by Crippen LogP contribution is -2.36. The van der Waals surface area contributed by atoms with Gasteiger partial charge in [0.05, 0.1) is 42.2 Å². The maximum Gasteiger partial charge on any atom is 0.339 e. The Hall–Kier alpha value is -4.20. The number of hydrogen-bond acceptors (Lipinski definition) is 10. The Balaban J connectivity index is 1.53. The number of nitriles is 1. The minimum Gasteiger partial charge on any atom is -0.471 e. The SMILES string of the molecule is COC(=O)c1ccsc1COc1nc(-c2ccc(N3CCOCC3)cc2)cc(-c2ocnc2C)c1C#N. The highest BCUT2D eigenvalue weighted by Crippen LogP contribution is 2.36. The number of ether oxygens (including phenoxy) is 3. The van der Waals surface area contributed by atoms with Gasteiger partial charge in [-0.25, -0.2) is 14.8 Å². The Kier molecular flexibility index (Phi) is 7.16. The molecule has 0 unspecified atom stereocenters. The molecule has 10 heteroatoms. The Morgan fingerprint density at radius 1 is 1.22 bits per heavy atom. The van der Waals surface area contributed by atoms with Gasteiger partial charge in [0.25, 0.3) is 0 Å². The smallest absolute Gasteiger partial charge is 0.339 e. The molecule has 1 aliphatic rings. The van der Waals surface area contributed by atoms with Crippen molar-refractivity contribution in [2.75, 3.05) is 38.3 Å². The van der Waals surface area contributed by atoms with Crippen LogP contribution in [0.25, 0.3) is 22.6 Å². The fourth-order valence-corrected chi connectivity index (χ4v) is 4.94. The van der Waals surface area contributed by atoms with Gasteiger partial charge in [-0.2, -0.15) is 5.26 Å². The van der Waals surface area contributed by atoms with E-state index in [9.17, 15) is 10.1 Å². The van der Waals surface area contributed by atoms with Gasteiger partial charge in [-0.3, -0.25) is 0 Å². The van der Waals surface area contributed by atoms with Gasteiger partial charge in [0, 0.05) is 29.9 Å². The van der Waals surface area contributed by atoms with E-state index >= 15 is 0 Å². The van der Waals surface area contributed by atoms with E-state index in [-0.39, 0.29) is 18.1 Å². The summed E-state index contributed by atoms with van der Waals surface area (Å²) in [5, 5.41) is 11.8. The normalized spacial score (nSPS) is 13.3. The molecule has 1 aliphatic heterocycles. The second-order valence-corrected chi connectivity index (χ2v) is 9.30. The largest absolute Gasteiger partial charge is 0.471 e. The molecular weight excluding hydrogens is 492 g/mol. The van der Waals surface area contributed by atoms with E-state index < -0.39 is 5.97 Å². The minimum atomic E-state index is -0.444. The van der Waals surface area contributed by atoms with Gasteiger partial charge in [-0.05, 0) is 36.6 Å². The predicted molar refractivity (Wildman–Crippen MR) is 138 cm³/mol. The van der Waals surface area contributed by atoms with Crippen molar-refractivity contribution < 1.29 is 23.4 Å². The average molecular weight is 517 g/mol. The number of aryl methyl sites for hydroxylation is 1. The molecule has 0 bridgehead atoms. The van der Waals surface area contributed by atoms with Crippen molar-refractivity contribution in [1.82, 2.24) is 9.97 Å². The van der Waals surface area contributed by atoms with Crippen LogP contribution in [0.3, 0.4) is 0 Å². The zero-order valence-electron chi connectivity index (χ0n) is 20.4. The molecule has 0 N–H and O–H groups in total. The average Bonchev–Trinajstić information content (AvgIpc) is 3.60. The fraction of sp³-hybridized carbons (Fsp3) is 0.259. The highest BCUT2D eigenvalue weighted by molar-refractivity contribution is 7.10. The van der Waals surface area contributed by atoms with Crippen molar-refractivity contribution in [2.24, 2.45) is 0 Å². The number of aromatic nitrogens is 2. The zero-order chi connectivity index (χ0) is 25.8. The van der Waals surface area contributed by atoms with Gasteiger partial charge in [0.1, 0.15) is 18.2 Å². The van der Waals surface area contributed by atoms with E-state index in [0.29, 0.717) is 46.4 Å². The van der Waals surface area contributed by atoms with Gasteiger partial charge in [0.15, 0.2) is 12.2 Å². The molecular formula is C27H24N4O5S. The first-order valence-electron chi connectivity index (χ1n) is 11.6. The number of carbonyl (C=O) groups excluding carboxylic acids is 1. The highest BCUT2D eigenvalue weighted by atomic mass is 32.1. The molecule has 1 aromatic carbocycles. The molecule has 0 saturated carbocycles. The summed E-state index contributed by atoms with van der Waals surface area (Å²) in [4.78, 5) is 23.9. The molecule has 0 amide bonds. The third kappa shape index (κ3) is 5.05. The fourth-order valence-electron chi connectivity index (χ4n) is 4.16. The first kappa shape index (κ1) is 24.5. The van der Waals surface area contributed by atoms with Crippen LogP contribution in [-0.2, 0) is 16.1 Å². The molecule has 0 aliphatic carbocycles. The molecule has 9 nitrogen and oxygen atoms in total. The molecule has 0 spiro atoms. The summed E-state index contributed by atoms with van der Waals surface area (Å²) in [5.41, 5.74) is 4.42. The van der Waals surface area contributed by atoms with Crippen LogP contribution in [0.1, 0.15) is 26.5 Å². The van der Waals surface area contributed by atoms with E-state index in [1.165, 1.54) is 24.8 Å². The third-order valence-corrected chi connectivity index (χ3v) is 7.01. The number of rotatable bonds is 7. The van der Waals surface area contributed by atoms with E-state index in [4.69, 9.17) is 23.6 Å². The number of hydrogen-bond donors (Lipinski definition) is 0. The summed E-state index contributed by atoms with van der Waals surface area (Å²) in [7, 11) is 1.33. The van der Waals surface area contributed by atoms with Crippen molar-refractivity contribution in [2.45, 2.75) is 13.5 Å². The standard InChI is InChI=1S/C27H24N4O5S/c1-17-25(36-16-29-17)21-13-23(18-3-5-19(6-4-18)31-8-10-34-11-9-31)30-26(22(21)14-28)35-15-24-20(7-12-37-24)27(32)33-2/h3-7,12-13,16H,8-11,15H2,1-2H3. The molecule has 4 aromatic rings.